The van der Waals surface area contributed by atoms with Crippen molar-refractivity contribution in [3.05, 3.63) is 75.8 Å². The molecule has 3 aromatic rings. The summed E-state index contributed by atoms with van der Waals surface area (Å²) < 4.78 is 13.2. The van der Waals surface area contributed by atoms with Crippen LogP contribution in [-0.4, -0.2) is 16.7 Å². The SMILES string of the molecule is O=C(Nc1ccc(C(=O)C2CC2)cc1)c1cc2ccc(F)cc2[nH]c1=O. The van der Waals surface area contributed by atoms with Crippen molar-refractivity contribution < 1.29 is 14.0 Å². The van der Waals surface area contributed by atoms with E-state index < -0.39 is 17.3 Å². The lowest BCUT2D eigenvalue weighted by Gasteiger charge is -2.07. The second-order valence-corrected chi connectivity index (χ2v) is 6.41. The Bertz CT molecular complexity index is 1080. The number of carbonyl (C=O) groups is 2. The number of pyridine rings is 1. The Morgan fingerprint density at radius 3 is 2.46 bits per heavy atom. The van der Waals surface area contributed by atoms with Gasteiger partial charge >= 0.3 is 0 Å². The van der Waals surface area contributed by atoms with Crippen LogP contribution in [0.5, 0.6) is 0 Å². The molecule has 5 nitrogen and oxygen atoms in total. The average molecular weight is 350 g/mol. The van der Waals surface area contributed by atoms with Crippen LogP contribution < -0.4 is 10.9 Å². The van der Waals surface area contributed by atoms with Gasteiger partial charge < -0.3 is 10.3 Å². The van der Waals surface area contributed by atoms with Crippen molar-refractivity contribution in [2.75, 3.05) is 5.32 Å². The highest BCUT2D eigenvalue weighted by Gasteiger charge is 2.30. The number of nitrogens with one attached hydrogen (secondary N) is 2. The number of hydrogen-bond donors (Lipinski definition) is 2. The molecule has 0 unspecified atom stereocenters. The first kappa shape index (κ1) is 16.2. The van der Waals surface area contributed by atoms with Gasteiger partial charge in [-0.15, -0.1) is 0 Å². The molecule has 0 bridgehead atoms. The van der Waals surface area contributed by atoms with Gasteiger partial charge in [-0.2, -0.15) is 0 Å². The topological polar surface area (TPSA) is 79.0 Å². The van der Waals surface area contributed by atoms with Crippen LogP contribution in [0.3, 0.4) is 0 Å². The summed E-state index contributed by atoms with van der Waals surface area (Å²) in [7, 11) is 0. The maximum absolute atomic E-state index is 13.2. The third-order valence-corrected chi connectivity index (χ3v) is 4.43. The Morgan fingerprint density at radius 1 is 1.04 bits per heavy atom. The van der Waals surface area contributed by atoms with Crippen LogP contribution in [0.2, 0.25) is 0 Å². The van der Waals surface area contributed by atoms with Gasteiger partial charge in [0.2, 0.25) is 0 Å². The van der Waals surface area contributed by atoms with E-state index in [2.05, 4.69) is 10.3 Å². The maximum atomic E-state index is 13.2. The first-order valence-corrected chi connectivity index (χ1v) is 8.29. The molecule has 1 aliphatic carbocycles. The average Bonchev–Trinajstić information content (AvgIpc) is 3.46. The normalized spacial score (nSPS) is 13.6. The predicted molar refractivity (Wildman–Crippen MR) is 96.0 cm³/mol. The van der Waals surface area contributed by atoms with Crippen molar-refractivity contribution in [1.82, 2.24) is 4.98 Å². The Hall–Kier alpha value is -3.28. The summed E-state index contributed by atoms with van der Waals surface area (Å²) in [6.07, 6.45) is 1.87. The number of amides is 1. The Kier molecular flexibility index (Phi) is 3.88. The number of Topliss-reactive ketones (excluding diaryl/α,β-unsaturated/α-hetero) is 1. The van der Waals surface area contributed by atoms with E-state index in [1.807, 2.05) is 0 Å². The Morgan fingerprint density at radius 2 is 1.77 bits per heavy atom. The molecular weight excluding hydrogens is 335 g/mol. The molecule has 2 N–H and O–H groups in total. The summed E-state index contributed by atoms with van der Waals surface area (Å²) in [5.74, 6) is -0.776. The first-order valence-electron chi connectivity index (χ1n) is 8.29. The van der Waals surface area contributed by atoms with Crippen LogP contribution in [0, 0.1) is 11.7 Å². The van der Waals surface area contributed by atoms with Crippen molar-refractivity contribution in [2.24, 2.45) is 5.92 Å². The molecule has 0 saturated heterocycles. The summed E-state index contributed by atoms with van der Waals surface area (Å²) in [5.41, 5.74) is 0.773. The molecule has 26 heavy (non-hydrogen) atoms. The number of aromatic nitrogens is 1. The number of hydrogen-bond acceptors (Lipinski definition) is 3. The molecule has 0 aliphatic heterocycles. The molecular formula is C20H15FN2O3. The van der Waals surface area contributed by atoms with Crippen molar-refractivity contribution in [3.8, 4) is 0 Å². The van der Waals surface area contributed by atoms with Gasteiger partial charge in [0.1, 0.15) is 11.4 Å². The number of aromatic amines is 1. The van der Waals surface area contributed by atoms with Crippen LogP contribution >= 0.6 is 0 Å². The highest BCUT2D eigenvalue weighted by molar-refractivity contribution is 6.06. The summed E-state index contributed by atoms with van der Waals surface area (Å²) in [5, 5.41) is 3.20. The van der Waals surface area contributed by atoms with Gasteiger partial charge in [0.05, 0.1) is 5.52 Å². The Labute approximate surface area is 147 Å². The van der Waals surface area contributed by atoms with Gasteiger partial charge in [0, 0.05) is 17.2 Å². The van der Waals surface area contributed by atoms with Gasteiger partial charge in [0.15, 0.2) is 5.78 Å². The fourth-order valence-electron chi connectivity index (χ4n) is 2.84. The van der Waals surface area contributed by atoms with E-state index in [0.717, 1.165) is 12.8 Å². The summed E-state index contributed by atoms with van der Waals surface area (Å²) in [6.45, 7) is 0. The highest BCUT2D eigenvalue weighted by Crippen LogP contribution is 2.32. The molecule has 0 atom stereocenters. The van der Waals surface area contributed by atoms with Crippen LogP contribution in [0.25, 0.3) is 10.9 Å². The van der Waals surface area contributed by atoms with E-state index in [1.54, 1.807) is 24.3 Å². The fourth-order valence-corrected chi connectivity index (χ4v) is 2.84. The van der Waals surface area contributed by atoms with E-state index in [-0.39, 0.29) is 17.3 Å². The first-order chi connectivity index (χ1) is 12.5. The lowest BCUT2D eigenvalue weighted by atomic mass is 10.1. The molecule has 0 radical (unpaired) electrons. The lowest BCUT2D eigenvalue weighted by Crippen LogP contribution is -2.23. The number of rotatable bonds is 4. The van der Waals surface area contributed by atoms with Gasteiger partial charge in [-0.3, -0.25) is 14.4 Å². The van der Waals surface area contributed by atoms with Crippen LogP contribution in [0.15, 0.2) is 53.3 Å². The van der Waals surface area contributed by atoms with E-state index in [4.69, 9.17) is 0 Å². The molecule has 1 amide bonds. The largest absolute Gasteiger partial charge is 0.322 e. The molecule has 4 rings (SSSR count). The van der Waals surface area contributed by atoms with Gasteiger partial charge in [0.25, 0.3) is 11.5 Å². The minimum Gasteiger partial charge on any atom is -0.322 e. The quantitative estimate of drug-likeness (QED) is 0.707. The molecule has 1 fully saturated rings. The lowest BCUT2D eigenvalue weighted by molar-refractivity contribution is 0.0967. The summed E-state index contributed by atoms with van der Waals surface area (Å²) >= 11 is 0. The summed E-state index contributed by atoms with van der Waals surface area (Å²) in [6, 6.07) is 12.0. The van der Waals surface area contributed by atoms with Crippen LogP contribution in [-0.2, 0) is 0 Å². The molecule has 0 spiro atoms. The number of H-pyrrole nitrogens is 1. The molecule has 6 heteroatoms. The van der Waals surface area contributed by atoms with Crippen molar-refractivity contribution in [2.45, 2.75) is 12.8 Å². The number of halogens is 1. The smallest absolute Gasteiger partial charge is 0.261 e. The van der Waals surface area contributed by atoms with E-state index >= 15 is 0 Å². The highest BCUT2D eigenvalue weighted by atomic mass is 19.1. The molecule has 1 aromatic heterocycles. The van der Waals surface area contributed by atoms with Crippen molar-refractivity contribution in [1.29, 1.82) is 0 Å². The number of fused-ring (bicyclic) bond motifs is 1. The minimum atomic E-state index is -0.596. The zero-order valence-corrected chi connectivity index (χ0v) is 13.7. The van der Waals surface area contributed by atoms with Crippen molar-refractivity contribution in [3.63, 3.8) is 0 Å². The Balaban J connectivity index is 1.57. The zero-order valence-electron chi connectivity index (χ0n) is 13.7. The van der Waals surface area contributed by atoms with Crippen molar-refractivity contribution >= 4 is 28.3 Å². The predicted octanol–water partition coefficient (Wildman–Crippen LogP) is 3.51. The van der Waals surface area contributed by atoms with Gasteiger partial charge in [-0.1, -0.05) is 0 Å². The fraction of sp³-hybridized carbons (Fsp3) is 0.150. The molecule has 130 valence electrons. The van der Waals surface area contributed by atoms with Gasteiger partial charge in [-0.05, 0) is 66.8 Å². The zero-order chi connectivity index (χ0) is 18.3. The van der Waals surface area contributed by atoms with E-state index in [1.165, 1.54) is 24.3 Å². The van der Waals surface area contributed by atoms with Crippen LogP contribution in [0.1, 0.15) is 33.6 Å². The number of carbonyl (C=O) groups excluding carboxylic acids is 2. The van der Waals surface area contributed by atoms with Gasteiger partial charge in [-0.25, -0.2) is 4.39 Å². The molecule has 1 aliphatic rings. The number of ketones is 1. The van der Waals surface area contributed by atoms with Crippen LogP contribution in [0.4, 0.5) is 10.1 Å². The minimum absolute atomic E-state index is 0.0674. The standard InChI is InChI=1S/C20H15FN2O3/c21-14-6-3-13-9-16(20(26)23-17(13)10-14)19(25)22-15-7-4-12(5-8-15)18(24)11-1-2-11/h3-11H,1-2H2,(H,22,25)(H,23,26). The van der Waals surface area contributed by atoms with E-state index in [9.17, 15) is 18.8 Å². The van der Waals surface area contributed by atoms with E-state index in [0.29, 0.717) is 22.2 Å². The third-order valence-electron chi connectivity index (χ3n) is 4.43. The second kappa shape index (κ2) is 6.22. The number of benzene rings is 2. The maximum Gasteiger partial charge on any atom is 0.261 e. The number of anilines is 1. The third kappa shape index (κ3) is 3.13. The molecule has 1 heterocycles. The molecule has 1 saturated carbocycles. The second-order valence-electron chi connectivity index (χ2n) is 6.41. The summed E-state index contributed by atoms with van der Waals surface area (Å²) in [4.78, 5) is 39.0. The molecule has 2 aromatic carbocycles. The monoisotopic (exact) mass is 350 g/mol.